The van der Waals surface area contributed by atoms with E-state index < -0.39 is 35.1 Å². The van der Waals surface area contributed by atoms with E-state index in [4.69, 9.17) is 4.74 Å². The highest BCUT2D eigenvalue weighted by atomic mass is 16.6. The Balaban J connectivity index is 1.75. The SMILES string of the molecule is COC(=O)c1cc(C(=O)OCC(=O)N2c3ccccc3C[C@H]2C)cc([N+](=O)[O-])c1. The predicted octanol–water partition coefficient (Wildman–Crippen LogP) is 2.52. The Bertz CT molecular complexity index is 1000. The molecule has 9 nitrogen and oxygen atoms in total. The molecule has 0 N–H and O–H groups in total. The number of amides is 1. The van der Waals surface area contributed by atoms with Crippen LogP contribution >= 0.6 is 0 Å². The van der Waals surface area contributed by atoms with Crippen LogP contribution in [0, 0.1) is 10.1 Å². The maximum absolute atomic E-state index is 12.6. The second-order valence-corrected chi connectivity index (χ2v) is 6.54. The number of non-ortho nitro benzene ring substituents is 1. The van der Waals surface area contributed by atoms with Crippen molar-refractivity contribution in [1.82, 2.24) is 0 Å². The Hall–Kier alpha value is -3.75. The van der Waals surface area contributed by atoms with E-state index in [-0.39, 0.29) is 17.2 Å². The maximum atomic E-state index is 12.6. The number of ether oxygens (including phenoxy) is 2. The lowest BCUT2D eigenvalue weighted by Crippen LogP contribution is -2.38. The van der Waals surface area contributed by atoms with Gasteiger partial charge in [-0.1, -0.05) is 18.2 Å². The van der Waals surface area contributed by atoms with Gasteiger partial charge in [0.1, 0.15) is 0 Å². The molecule has 150 valence electrons. The van der Waals surface area contributed by atoms with Gasteiger partial charge in [0.2, 0.25) is 0 Å². The van der Waals surface area contributed by atoms with Crippen LogP contribution in [0.3, 0.4) is 0 Å². The zero-order valence-electron chi connectivity index (χ0n) is 15.8. The second kappa shape index (κ2) is 8.09. The van der Waals surface area contributed by atoms with Crippen LogP contribution in [0.4, 0.5) is 11.4 Å². The summed E-state index contributed by atoms with van der Waals surface area (Å²) in [6, 6.07) is 10.5. The molecule has 1 aliphatic heterocycles. The highest BCUT2D eigenvalue weighted by molar-refractivity contribution is 6.00. The maximum Gasteiger partial charge on any atom is 0.338 e. The molecule has 2 aromatic rings. The fourth-order valence-corrected chi connectivity index (χ4v) is 3.30. The smallest absolute Gasteiger partial charge is 0.338 e. The fourth-order valence-electron chi connectivity index (χ4n) is 3.30. The summed E-state index contributed by atoms with van der Waals surface area (Å²) < 4.78 is 9.61. The van der Waals surface area contributed by atoms with Gasteiger partial charge in [-0.3, -0.25) is 14.9 Å². The minimum absolute atomic E-state index is 0.0812. The number of nitro benzene ring substituents is 1. The van der Waals surface area contributed by atoms with Gasteiger partial charge in [0.05, 0.1) is 23.2 Å². The van der Waals surface area contributed by atoms with Gasteiger partial charge in [0.25, 0.3) is 11.6 Å². The monoisotopic (exact) mass is 398 g/mol. The Morgan fingerprint density at radius 2 is 1.79 bits per heavy atom. The van der Waals surface area contributed by atoms with E-state index >= 15 is 0 Å². The van der Waals surface area contributed by atoms with Gasteiger partial charge in [0.15, 0.2) is 6.61 Å². The average Bonchev–Trinajstić information content (AvgIpc) is 3.06. The molecular weight excluding hydrogens is 380 g/mol. The van der Waals surface area contributed by atoms with Crippen molar-refractivity contribution >= 4 is 29.2 Å². The molecule has 29 heavy (non-hydrogen) atoms. The summed E-state index contributed by atoms with van der Waals surface area (Å²) in [7, 11) is 1.12. The molecule has 3 rings (SSSR count). The van der Waals surface area contributed by atoms with Crippen LogP contribution in [0.25, 0.3) is 0 Å². The Morgan fingerprint density at radius 1 is 1.14 bits per heavy atom. The van der Waals surface area contributed by atoms with Crippen LogP contribution in [0.1, 0.15) is 33.2 Å². The summed E-state index contributed by atoms with van der Waals surface area (Å²) >= 11 is 0. The number of rotatable bonds is 5. The number of nitrogens with zero attached hydrogens (tertiary/aromatic N) is 2. The standard InChI is InChI=1S/C20H18N2O7/c1-12-7-13-5-3-4-6-17(13)21(12)18(23)11-29-20(25)15-8-14(19(24)28-2)9-16(10-15)22(26)27/h3-6,8-10,12H,7,11H2,1-2H3/t12-/m1/s1. The highest BCUT2D eigenvalue weighted by Gasteiger charge is 2.31. The minimum atomic E-state index is -0.952. The molecule has 1 heterocycles. The summed E-state index contributed by atoms with van der Waals surface area (Å²) in [6.45, 7) is 1.36. The molecule has 0 saturated heterocycles. The number of esters is 2. The Labute approximate surface area is 166 Å². The molecule has 0 bridgehead atoms. The normalized spacial score (nSPS) is 14.8. The van der Waals surface area contributed by atoms with Crippen molar-refractivity contribution in [3.8, 4) is 0 Å². The minimum Gasteiger partial charge on any atom is -0.465 e. The van der Waals surface area contributed by atoms with Crippen molar-refractivity contribution in [2.45, 2.75) is 19.4 Å². The first-order valence-electron chi connectivity index (χ1n) is 8.76. The first-order valence-corrected chi connectivity index (χ1v) is 8.76. The number of nitro groups is 1. The van der Waals surface area contributed by atoms with Crippen LogP contribution in [0.2, 0.25) is 0 Å². The molecule has 9 heteroatoms. The van der Waals surface area contributed by atoms with Gasteiger partial charge in [-0.25, -0.2) is 9.59 Å². The first-order chi connectivity index (χ1) is 13.8. The molecule has 0 aromatic heterocycles. The largest absolute Gasteiger partial charge is 0.465 e. The number of benzene rings is 2. The first kappa shape index (κ1) is 20.0. The number of carbonyl (C=O) groups is 3. The number of carbonyl (C=O) groups excluding carboxylic acids is 3. The molecule has 0 spiro atoms. The van der Waals surface area contributed by atoms with Crippen molar-refractivity contribution in [3.63, 3.8) is 0 Å². The number of fused-ring (bicyclic) bond motifs is 1. The molecule has 0 unspecified atom stereocenters. The highest BCUT2D eigenvalue weighted by Crippen LogP contribution is 2.31. The van der Waals surface area contributed by atoms with Crippen LogP contribution in [0.5, 0.6) is 0 Å². The molecule has 1 atom stereocenters. The lowest BCUT2D eigenvalue weighted by atomic mass is 10.1. The van der Waals surface area contributed by atoms with E-state index in [1.54, 1.807) is 4.90 Å². The van der Waals surface area contributed by atoms with E-state index in [9.17, 15) is 24.5 Å². The molecule has 0 fully saturated rings. The molecule has 0 aliphatic carbocycles. The lowest BCUT2D eigenvalue weighted by molar-refractivity contribution is -0.384. The number of hydrogen-bond acceptors (Lipinski definition) is 7. The van der Waals surface area contributed by atoms with E-state index in [0.717, 1.165) is 36.6 Å². The van der Waals surface area contributed by atoms with Gasteiger partial charge in [-0.2, -0.15) is 0 Å². The van der Waals surface area contributed by atoms with Crippen molar-refractivity contribution in [2.75, 3.05) is 18.6 Å². The fraction of sp³-hybridized carbons (Fsp3) is 0.250. The van der Waals surface area contributed by atoms with Crippen LogP contribution in [-0.2, 0) is 20.7 Å². The third kappa shape index (κ3) is 4.08. The molecule has 1 aliphatic rings. The zero-order chi connectivity index (χ0) is 21.1. The van der Waals surface area contributed by atoms with Gasteiger partial charge >= 0.3 is 11.9 Å². The van der Waals surface area contributed by atoms with Crippen molar-refractivity contribution in [2.24, 2.45) is 0 Å². The molecular formula is C20H18N2O7. The summed E-state index contributed by atoms with van der Waals surface area (Å²) in [4.78, 5) is 48.6. The average molecular weight is 398 g/mol. The van der Waals surface area contributed by atoms with Gasteiger partial charge in [0, 0.05) is 23.9 Å². The Kier molecular flexibility index (Phi) is 5.58. The van der Waals surface area contributed by atoms with Crippen LogP contribution < -0.4 is 4.90 Å². The van der Waals surface area contributed by atoms with Gasteiger partial charge in [-0.15, -0.1) is 0 Å². The van der Waals surface area contributed by atoms with Gasteiger partial charge in [-0.05, 0) is 31.0 Å². The number of methoxy groups -OCH3 is 1. The van der Waals surface area contributed by atoms with E-state index in [1.807, 2.05) is 31.2 Å². The zero-order valence-corrected chi connectivity index (χ0v) is 15.8. The molecule has 0 radical (unpaired) electrons. The Morgan fingerprint density at radius 3 is 2.45 bits per heavy atom. The number of anilines is 1. The van der Waals surface area contributed by atoms with E-state index in [1.165, 1.54) is 0 Å². The lowest BCUT2D eigenvalue weighted by Gasteiger charge is -2.22. The van der Waals surface area contributed by atoms with Gasteiger partial charge < -0.3 is 14.4 Å². The second-order valence-electron chi connectivity index (χ2n) is 6.54. The third-order valence-electron chi connectivity index (χ3n) is 4.59. The molecule has 0 saturated carbocycles. The van der Waals surface area contributed by atoms with Crippen molar-refractivity contribution in [1.29, 1.82) is 0 Å². The van der Waals surface area contributed by atoms with E-state index in [2.05, 4.69) is 4.74 Å². The van der Waals surface area contributed by atoms with Crippen LogP contribution in [0.15, 0.2) is 42.5 Å². The molecule has 2 aromatic carbocycles. The van der Waals surface area contributed by atoms with Crippen molar-refractivity contribution < 1.29 is 28.8 Å². The number of hydrogen-bond donors (Lipinski definition) is 0. The summed E-state index contributed by atoms with van der Waals surface area (Å²) in [5.74, 6) is -2.19. The molecule has 1 amide bonds. The quantitative estimate of drug-likeness (QED) is 0.432. The summed E-state index contributed by atoms with van der Waals surface area (Å²) in [5, 5.41) is 11.1. The summed E-state index contributed by atoms with van der Waals surface area (Å²) in [6.07, 6.45) is 0.698. The number of para-hydroxylation sites is 1. The van der Waals surface area contributed by atoms with Crippen molar-refractivity contribution in [3.05, 3.63) is 69.3 Å². The topological polar surface area (TPSA) is 116 Å². The summed E-state index contributed by atoms with van der Waals surface area (Å²) in [5.41, 5.74) is 0.947. The predicted molar refractivity (Wildman–Crippen MR) is 102 cm³/mol. The third-order valence-corrected chi connectivity index (χ3v) is 4.59. The van der Waals surface area contributed by atoms with Crippen LogP contribution in [-0.4, -0.2) is 42.5 Å². The van der Waals surface area contributed by atoms with E-state index in [0.29, 0.717) is 6.42 Å².